The number of aromatic nitrogens is 2. The molecule has 8 N–H and O–H groups in total. The van der Waals surface area contributed by atoms with Crippen LogP contribution in [0.2, 0.25) is 0 Å². The van der Waals surface area contributed by atoms with E-state index in [9.17, 15) is 38.7 Å². The van der Waals surface area contributed by atoms with E-state index in [1.54, 1.807) is 12.5 Å². The molecule has 3 rings (SSSR count). The van der Waals surface area contributed by atoms with Crippen LogP contribution in [-0.2, 0) is 52.9 Å². The Bertz CT molecular complexity index is 1650. The number of aliphatic carboxylic acids is 1. The summed E-state index contributed by atoms with van der Waals surface area (Å²) in [4.78, 5) is 95.1. The number of nitrogens with zero attached hydrogens (tertiary/aromatic N) is 3. The molecule has 1 aromatic carbocycles. The van der Waals surface area contributed by atoms with Crippen LogP contribution in [-0.4, -0.2) is 109 Å². The minimum atomic E-state index is -1.64. The quantitative estimate of drug-likeness (QED) is 0.0701. The first-order valence-corrected chi connectivity index (χ1v) is 19.8. The number of carbonyl (C=O) groups is 7. The summed E-state index contributed by atoms with van der Waals surface area (Å²) in [5.41, 5.74) is 7.18. The summed E-state index contributed by atoms with van der Waals surface area (Å²) in [6.07, 6.45) is 10.9. The van der Waals surface area contributed by atoms with Gasteiger partial charge in [-0.15, -0.1) is 0 Å². The molecule has 1 aliphatic heterocycles. The molecule has 314 valence electrons. The Morgan fingerprint density at radius 2 is 1.46 bits per heavy atom. The van der Waals surface area contributed by atoms with Crippen LogP contribution >= 0.6 is 0 Å². The van der Waals surface area contributed by atoms with Gasteiger partial charge in [-0.25, -0.2) is 4.98 Å². The van der Waals surface area contributed by atoms with Gasteiger partial charge in [0.05, 0.1) is 19.4 Å². The summed E-state index contributed by atoms with van der Waals surface area (Å²) >= 11 is 0. The van der Waals surface area contributed by atoms with Gasteiger partial charge in [0.15, 0.2) is 0 Å². The van der Waals surface area contributed by atoms with Crippen LogP contribution < -0.4 is 27.0 Å². The van der Waals surface area contributed by atoms with Gasteiger partial charge in [0.1, 0.15) is 30.2 Å². The van der Waals surface area contributed by atoms with E-state index in [1.165, 1.54) is 17.4 Å². The van der Waals surface area contributed by atoms with E-state index >= 15 is 0 Å². The molecule has 2 heterocycles. The number of nitrogens with two attached hydrogens (primary N) is 1. The van der Waals surface area contributed by atoms with Crippen LogP contribution in [0, 0.1) is 5.92 Å². The van der Waals surface area contributed by atoms with Crippen LogP contribution in [0.3, 0.4) is 0 Å². The van der Waals surface area contributed by atoms with Gasteiger partial charge in [0.25, 0.3) is 0 Å². The molecule has 0 saturated carbocycles. The summed E-state index contributed by atoms with van der Waals surface area (Å²) in [5, 5.41) is 29.2. The van der Waals surface area contributed by atoms with Gasteiger partial charge >= 0.3 is 5.97 Å². The Morgan fingerprint density at radius 1 is 0.842 bits per heavy atom. The monoisotopic (exact) mass is 796 g/mol. The average molecular weight is 797 g/mol. The molecule has 6 amide bonds. The van der Waals surface area contributed by atoms with Crippen molar-refractivity contribution in [2.24, 2.45) is 11.7 Å². The fraction of sp³-hybridized carbons (Fsp3) is 0.600. The Morgan fingerprint density at radius 3 is 2.09 bits per heavy atom. The number of aliphatic hydroxyl groups excluding tert-OH is 1. The Balaban J connectivity index is 1.73. The van der Waals surface area contributed by atoms with E-state index in [2.05, 4.69) is 38.4 Å². The SMILES string of the molecule is CC(=O)N1CCC[C@H]1C(=O)N[C@@H](CC(C)C)C(=O)N[C@@H](Cc1cncn1CCCCCCCCc1ccccc1)C(=O)N[C@@H](CO)C(=O)N[C@@H](CC(=O)O)C(N)=O. The van der Waals surface area contributed by atoms with Crippen LogP contribution in [0.25, 0.3) is 0 Å². The molecule has 1 saturated heterocycles. The van der Waals surface area contributed by atoms with Gasteiger partial charge < -0.3 is 46.7 Å². The molecule has 17 nitrogen and oxygen atoms in total. The molecule has 2 aromatic rings. The molecule has 1 aromatic heterocycles. The Hall–Kier alpha value is -5.32. The zero-order valence-corrected chi connectivity index (χ0v) is 33.3. The largest absolute Gasteiger partial charge is 0.481 e. The van der Waals surface area contributed by atoms with Crippen LogP contribution in [0.4, 0.5) is 0 Å². The maximum absolute atomic E-state index is 13.9. The number of carbonyl (C=O) groups excluding carboxylic acids is 6. The highest BCUT2D eigenvalue weighted by atomic mass is 16.4. The normalized spacial score (nSPS) is 15.9. The lowest BCUT2D eigenvalue weighted by Crippen LogP contribution is -2.60. The van der Waals surface area contributed by atoms with Gasteiger partial charge in [0, 0.05) is 38.3 Å². The lowest BCUT2D eigenvalue weighted by atomic mass is 10.0. The number of hydrogen-bond donors (Lipinski definition) is 7. The number of primary amides is 1. The first-order chi connectivity index (χ1) is 27.2. The second-order valence-corrected chi connectivity index (χ2v) is 15.1. The fourth-order valence-corrected chi connectivity index (χ4v) is 6.90. The van der Waals surface area contributed by atoms with Gasteiger partial charge in [-0.3, -0.25) is 33.6 Å². The highest BCUT2D eigenvalue weighted by Crippen LogP contribution is 2.19. The number of likely N-dealkylation sites (tertiary alicyclic amines) is 1. The number of amides is 6. The maximum atomic E-state index is 13.9. The van der Waals surface area contributed by atoms with Gasteiger partial charge in [-0.05, 0) is 50.0 Å². The molecule has 57 heavy (non-hydrogen) atoms. The smallest absolute Gasteiger partial charge is 0.305 e. The van der Waals surface area contributed by atoms with Gasteiger partial charge in [-0.2, -0.15) is 0 Å². The number of unbranched alkanes of at least 4 members (excludes halogenated alkanes) is 5. The summed E-state index contributed by atoms with van der Waals surface area (Å²) in [7, 11) is 0. The maximum Gasteiger partial charge on any atom is 0.305 e. The van der Waals surface area contributed by atoms with Crippen molar-refractivity contribution >= 4 is 41.4 Å². The van der Waals surface area contributed by atoms with E-state index in [0.29, 0.717) is 31.6 Å². The van der Waals surface area contributed by atoms with Crippen molar-refractivity contribution in [3.05, 3.63) is 54.1 Å². The van der Waals surface area contributed by atoms with Gasteiger partial charge in [-0.1, -0.05) is 69.9 Å². The Kier molecular flexibility index (Phi) is 19.1. The van der Waals surface area contributed by atoms with Crippen molar-refractivity contribution in [1.82, 2.24) is 35.7 Å². The number of imidazole rings is 1. The van der Waals surface area contributed by atoms with Gasteiger partial charge in [0.2, 0.25) is 35.4 Å². The predicted octanol–water partition coefficient (Wildman–Crippen LogP) is 0.957. The summed E-state index contributed by atoms with van der Waals surface area (Å²) in [6.45, 7) is 5.21. The molecule has 5 atom stereocenters. The van der Waals surface area contributed by atoms with Crippen LogP contribution in [0.15, 0.2) is 42.9 Å². The molecule has 0 unspecified atom stereocenters. The van der Waals surface area contributed by atoms with Crippen LogP contribution in [0.1, 0.15) is 96.2 Å². The molecule has 0 bridgehead atoms. The number of rotatable bonds is 25. The minimum absolute atomic E-state index is 0.0578. The number of aryl methyl sites for hydroxylation is 2. The fourth-order valence-electron chi connectivity index (χ4n) is 6.90. The summed E-state index contributed by atoms with van der Waals surface area (Å²) < 4.78 is 1.88. The van der Waals surface area contributed by atoms with E-state index < -0.39 is 78.7 Å². The molecular formula is C40H60N8O9. The van der Waals surface area contributed by atoms with E-state index in [-0.39, 0.29) is 24.7 Å². The number of hydrogen-bond acceptors (Lipinski definition) is 9. The molecule has 17 heteroatoms. The van der Waals surface area contributed by atoms with E-state index in [0.717, 1.165) is 44.9 Å². The average Bonchev–Trinajstić information content (AvgIpc) is 3.84. The minimum Gasteiger partial charge on any atom is -0.481 e. The second-order valence-electron chi connectivity index (χ2n) is 15.1. The highest BCUT2D eigenvalue weighted by Gasteiger charge is 2.36. The molecule has 0 radical (unpaired) electrons. The molecule has 1 fully saturated rings. The molecule has 0 aliphatic carbocycles. The number of aliphatic hydroxyl groups is 1. The van der Waals surface area contributed by atoms with Crippen molar-refractivity contribution in [3.63, 3.8) is 0 Å². The molecule has 1 aliphatic rings. The third kappa shape index (κ3) is 15.6. The summed E-state index contributed by atoms with van der Waals surface area (Å²) in [6, 6.07) is 3.98. The van der Waals surface area contributed by atoms with Crippen LogP contribution in [0.5, 0.6) is 0 Å². The predicted molar refractivity (Wildman–Crippen MR) is 210 cm³/mol. The van der Waals surface area contributed by atoms with Crippen molar-refractivity contribution in [3.8, 4) is 0 Å². The zero-order chi connectivity index (χ0) is 41.9. The van der Waals surface area contributed by atoms with Crippen molar-refractivity contribution in [2.75, 3.05) is 13.2 Å². The highest BCUT2D eigenvalue weighted by molar-refractivity contribution is 5.97. The lowest BCUT2D eigenvalue weighted by molar-refractivity contribution is -0.140. The second kappa shape index (κ2) is 23.7. The first-order valence-electron chi connectivity index (χ1n) is 19.8. The number of carboxylic acids is 1. The van der Waals surface area contributed by atoms with E-state index in [1.807, 2.05) is 36.6 Å². The molecule has 0 spiro atoms. The third-order valence-electron chi connectivity index (χ3n) is 9.96. The van der Waals surface area contributed by atoms with Crippen molar-refractivity contribution in [2.45, 2.75) is 135 Å². The third-order valence-corrected chi connectivity index (χ3v) is 9.96. The zero-order valence-electron chi connectivity index (χ0n) is 33.3. The Labute approximate surface area is 333 Å². The topological polar surface area (TPSA) is 255 Å². The van der Waals surface area contributed by atoms with Crippen molar-refractivity contribution in [1.29, 1.82) is 0 Å². The van der Waals surface area contributed by atoms with Crippen molar-refractivity contribution < 1.29 is 43.8 Å². The summed E-state index contributed by atoms with van der Waals surface area (Å²) in [5.74, 6) is -5.95. The number of benzene rings is 1. The lowest BCUT2D eigenvalue weighted by Gasteiger charge is -2.28. The first kappa shape index (κ1) is 46.1. The number of nitrogens with one attached hydrogen (secondary N) is 4. The van der Waals surface area contributed by atoms with E-state index in [4.69, 9.17) is 10.8 Å². The molecular weight excluding hydrogens is 736 g/mol. The number of carboxylic acid groups (broad SMARTS) is 1. The standard InChI is InChI=1S/C40H60N8O9/c1-26(2)20-31(45-40(57)34-17-13-19-48(34)27(3)50)37(54)44-32(38(55)46-33(24-49)39(56)43-30(36(41)53)22-35(51)52)21-29-23-42-25-47(29)18-12-7-5-4-6-9-14-28-15-10-8-11-16-28/h8,10-11,15-16,23,25-26,30-34,49H,4-7,9,12-14,17-22,24H2,1-3H3,(H2,41,53)(H,43,56)(H,44,54)(H,45,57)(H,46,55)(H,51,52)/t30-,31-,32-,33-,34-/m0/s1.